The third-order valence-electron chi connectivity index (χ3n) is 3.68. The van der Waals surface area contributed by atoms with E-state index in [1.54, 1.807) is 6.92 Å². The van der Waals surface area contributed by atoms with E-state index >= 15 is 0 Å². The van der Waals surface area contributed by atoms with Crippen molar-refractivity contribution in [2.24, 2.45) is 5.14 Å². The van der Waals surface area contributed by atoms with Crippen LogP contribution in [-0.2, 0) is 10.0 Å². The van der Waals surface area contributed by atoms with Gasteiger partial charge in [0.2, 0.25) is 10.0 Å². The zero-order valence-electron chi connectivity index (χ0n) is 13.1. The Labute approximate surface area is 139 Å². The molecule has 0 radical (unpaired) electrons. The lowest BCUT2D eigenvalue weighted by Gasteiger charge is -2.06. The van der Waals surface area contributed by atoms with Gasteiger partial charge in [0.1, 0.15) is 22.2 Å². The van der Waals surface area contributed by atoms with Gasteiger partial charge in [-0.1, -0.05) is 35.0 Å². The number of primary sulfonamides is 1. The first-order valence-corrected chi connectivity index (χ1v) is 8.68. The molecule has 0 amide bonds. The number of aromatic nitrogens is 1. The predicted octanol–water partition coefficient (Wildman–Crippen LogP) is 3.41. The number of sulfonamides is 1. The van der Waals surface area contributed by atoms with E-state index in [1.165, 1.54) is 6.07 Å². The number of halogens is 1. The van der Waals surface area contributed by atoms with Gasteiger partial charge in [-0.05, 0) is 37.6 Å². The van der Waals surface area contributed by atoms with E-state index in [0.717, 1.165) is 23.3 Å². The summed E-state index contributed by atoms with van der Waals surface area (Å²) >= 11 is 0. The molecule has 1 heterocycles. The summed E-state index contributed by atoms with van der Waals surface area (Å²) in [6.45, 7) is 3.67. The molecule has 3 aromatic rings. The second kappa shape index (κ2) is 5.85. The molecule has 0 aliphatic carbocycles. The highest BCUT2D eigenvalue weighted by molar-refractivity contribution is 7.89. The maximum atomic E-state index is 14.2. The van der Waals surface area contributed by atoms with Crippen LogP contribution >= 0.6 is 0 Å². The summed E-state index contributed by atoms with van der Waals surface area (Å²) in [6, 6.07) is 11.4. The lowest BCUT2D eigenvalue weighted by atomic mass is 9.98. The smallest absolute Gasteiger partial charge is 0.240 e. The highest BCUT2D eigenvalue weighted by atomic mass is 32.2. The van der Waals surface area contributed by atoms with Gasteiger partial charge in [0, 0.05) is 5.56 Å². The van der Waals surface area contributed by atoms with Crippen LogP contribution < -0.4 is 5.14 Å². The molecule has 0 fully saturated rings. The molecule has 0 aliphatic heterocycles. The van der Waals surface area contributed by atoms with E-state index in [1.807, 2.05) is 31.2 Å². The number of rotatable bonds is 3. The molecule has 7 heteroatoms. The minimum atomic E-state index is -4.11. The maximum Gasteiger partial charge on any atom is 0.240 e. The summed E-state index contributed by atoms with van der Waals surface area (Å²) in [5.41, 5.74) is 3.53. The Balaban J connectivity index is 2.18. The van der Waals surface area contributed by atoms with Gasteiger partial charge in [0.25, 0.3) is 0 Å². The predicted molar refractivity (Wildman–Crippen MR) is 88.2 cm³/mol. The highest BCUT2D eigenvalue weighted by Gasteiger charge is 2.20. The number of aryl methyl sites for hydroxylation is 2. The molecule has 3 rings (SSSR count). The SMILES string of the molecule is Cc1cccc(-c2noc(C)c2-c2ccc(S(N)(=O)=O)c(F)c2)c1. The molecule has 0 unspecified atom stereocenters. The summed E-state index contributed by atoms with van der Waals surface area (Å²) in [6.07, 6.45) is 0. The average Bonchev–Trinajstić information content (AvgIpc) is 2.87. The van der Waals surface area contributed by atoms with E-state index in [0.29, 0.717) is 22.6 Å². The number of nitrogens with zero attached hydrogens (tertiary/aromatic N) is 1. The molecule has 2 aromatic carbocycles. The van der Waals surface area contributed by atoms with Crippen molar-refractivity contribution in [2.45, 2.75) is 18.7 Å². The van der Waals surface area contributed by atoms with Crippen molar-refractivity contribution in [1.82, 2.24) is 5.16 Å². The molecule has 2 N–H and O–H groups in total. The summed E-state index contributed by atoms with van der Waals surface area (Å²) in [4.78, 5) is -0.544. The van der Waals surface area contributed by atoms with E-state index < -0.39 is 20.7 Å². The number of hydrogen-bond donors (Lipinski definition) is 1. The third-order valence-corrected chi connectivity index (χ3v) is 4.63. The van der Waals surface area contributed by atoms with Crippen molar-refractivity contribution in [1.29, 1.82) is 0 Å². The molecular weight excluding hydrogens is 331 g/mol. The summed E-state index contributed by atoms with van der Waals surface area (Å²) < 4.78 is 42.1. The molecule has 1 aromatic heterocycles. The molecule has 24 heavy (non-hydrogen) atoms. The van der Waals surface area contributed by atoms with Crippen molar-refractivity contribution < 1.29 is 17.3 Å². The molecule has 0 aliphatic rings. The minimum absolute atomic E-state index is 0.468. The fraction of sp³-hybridized carbons (Fsp3) is 0.118. The molecule has 0 spiro atoms. The van der Waals surface area contributed by atoms with Gasteiger partial charge in [-0.2, -0.15) is 0 Å². The minimum Gasteiger partial charge on any atom is -0.360 e. The first kappa shape index (κ1) is 16.4. The van der Waals surface area contributed by atoms with Gasteiger partial charge < -0.3 is 4.52 Å². The van der Waals surface area contributed by atoms with Gasteiger partial charge >= 0.3 is 0 Å². The van der Waals surface area contributed by atoms with Gasteiger partial charge in [-0.3, -0.25) is 0 Å². The van der Waals surface area contributed by atoms with Gasteiger partial charge in [0.05, 0.1) is 5.56 Å². The normalized spacial score (nSPS) is 11.7. The van der Waals surface area contributed by atoms with Crippen molar-refractivity contribution in [3.8, 4) is 22.4 Å². The van der Waals surface area contributed by atoms with E-state index in [2.05, 4.69) is 5.16 Å². The van der Waals surface area contributed by atoms with Crippen LogP contribution in [-0.4, -0.2) is 13.6 Å². The average molecular weight is 346 g/mol. The van der Waals surface area contributed by atoms with Crippen LogP contribution in [0.3, 0.4) is 0 Å². The Kier molecular flexibility index (Phi) is 3.98. The summed E-state index contributed by atoms with van der Waals surface area (Å²) in [5.74, 6) is -0.403. The quantitative estimate of drug-likeness (QED) is 0.787. The van der Waals surface area contributed by atoms with Crippen LogP contribution in [0, 0.1) is 19.7 Å². The van der Waals surface area contributed by atoms with Crippen LogP contribution in [0.1, 0.15) is 11.3 Å². The maximum absolute atomic E-state index is 14.2. The second-order valence-corrected chi connectivity index (χ2v) is 7.05. The van der Waals surface area contributed by atoms with Crippen LogP contribution in [0.25, 0.3) is 22.4 Å². The van der Waals surface area contributed by atoms with Crippen molar-refractivity contribution in [3.63, 3.8) is 0 Å². The van der Waals surface area contributed by atoms with Crippen molar-refractivity contribution in [3.05, 3.63) is 59.6 Å². The zero-order chi connectivity index (χ0) is 17.5. The van der Waals surface area contributed by atoms with Gasteiger partial charge in [0.15, 0.2) is 0 Å². The van der Waals surface area contributed by atoms with Crippen molar-refractivity contribution in [2.75, 3.05) is 0 Å². The monoisotopic (exact) mass is 346 g/mol. The van der Waals surface area contributed by atoms with Crippen LogP contribution in [0.4, 0.5) is 4.39 Å². The number of nitrogens with two attached hydrogens (primary N) is 1. The van der Waals surface area contributed by atoms with E-state index in [4.69, 9.17) is 9.66 Å². The lowest BCUT2D eigenvalue weighted by molar-refractivity contribution is 0.400. The Morgan fingerprint density at radius 2 is 1.83 bits per heavy atom. The first-order valence-electron chi connectivity index (χ1n) is 7.13. The molecule has 0 saturated carbocycles. The molecular formula is C17H15FN2O3S. The second-order valence-electron chi connectivity index (χ2n) is 5.52. The summed E-state index contributed by atoms with van der Waals surface area (Å²) in [7, 11) is -4.11. The van der Waals surface area contributed by atoms with Crippen LogP contribution in [0.5, 0.6) is 0 Å². The van der Waals surface area contributed by atoms with Gasteiger partial charge in [-0.15, -0.1) is 0 Å². The third kappa shape index (κ3) is 2.95. The first-order chi connectivity index (χ1) is 11.3. The fourth-order valence-electron chi connectivity index (χ4n) is 2.59. The number of benzene rings is 2. The standard InChI is InChI=1S/C17H15FN2O3S/c1-10-4-3-5-13(8-10)17-16(11(2)23-20-17)12-6-7-15(14(18)9-12)24(19,21)22/h3-9H,1-2H3,(H2,19,21,22). The molecule has 0 bridgehead atoms. The molecule has 124 valence electrons. The van der Waals surface area contributed by atoms with Crippen LogP contribution in [0.15, 0.2) is 51.9 Å². The highest BCUT2D eigenvalue weighted by Crippen LogP contribution is 2.35. The van der Waals surface area contributed by atoms with Gasteiger partial charge in [-0.25, -0.2) is 17.9 Å². The fourth-order valence-corrected chi connectivity index (χ4v) is 3.18. The molecule has 0 saturated heterocycles. The topological polar surface area (TPSA) is 86.2 Å². The molecule has 0 atom stereocenters. The Morgan fingerprint density at radius 3 is 2.46 bits per heavy atom. The Hall–Kier alpha value is -2.51. The number of hydrogen-bond acceptors (Lipinski definition) is 4. The summed E-state index contributed by atoms with van der Waals surface area (Å²) in [5, 5.41) is 9.06. The largest absolute Gasteiger partial charge is 0.360 e. The Morgan fingerprint density at radius 1 is 1.08 bits per heavy atom. The Bertz CT molecular complexity index is 1030. The van der Waals surface area contributed by atoms with E-state index in [-0.39, 0.29) is 0 Å². The lowest BCUT2D eigenvalue weighted by Crippen LogP contribution is -2.13. The van der Waals surface area contributed by atoms with E-state index in [9.17, 15) is 12.8 Å². The van der Waals surface area contributed by atoms with Crippen molar-refractivity contribution >= 4 is 10.0 Å². The molecule has 5 nitrogen and oxygen atoms in total. The van der Waals surface area contributed by atoms with Crippen LogP contribution in [0.2, 0.25) is 0 Å². The zero-order valence-corrected chi connectivity index (χ0v) is 13.9.